The summed E-state index contributed by atoms with van der Waals surface area (Å²) in [6.07, 6.45) is 8.59. The van der Waals surface area contributed by atoms with Gasteiger partial charge in [0.1, 0.15) is 0 Å². The molecule has 1 fully saturated rings. The second-order valence-corrected chi connectivity index (χ2v) is 9.10. The fourth-order valence-corrected chi connectivity index (χ4v) is 5.12. The molecule has 2 atom stereocenters. The monoisotopic (exact) mass is 445 g/mol. The van der Waals surface area contributed by atoms with Crippen LogP contribution in [0.15, 0.2) is 18.2 Å². The number of aromatic nitrogens is 3. The Hall–Kier alpha value is -2.35. The van der Waals surface area contributed by atoms with Gasteiger partial charge in [0.15, 0.2) is 5.65 Å². The maximum absolute atomic E-state index is 12.3. The highest BCUT2D eigenvalue weighted by molar-refractivity contribution is 5.76. The molecule has 0 spiro atoms. The molecule has 0 unspecified atom stereocenters. The average Bonchev–Trinajstić information content (AvgIpc) is 3.39. The molecule has 174 valence electrons. The maximum Gasteiger partial charge on any atom is 0.255 e. The van der Waals surface area contributed by atoms with Gasteiger partial charge >= 0.3 is 0 Å². The van der Waals surface area contributed by atoms with E-state index in [2.05, 4.69) is 28.4 Å². The highest BCUT2D eigenvalue weighted by Gasteiger charge is 2.30. The maximum atomic E-state index is 12.3. The summed E-state index contributed by atoms with van der Waals surface area (Å²) >= 11 is 0. The molecule has 3 heterocycles. The molecule has 1 amide bonds. The second-order valence-electron chi connectivity index (χ2n) is 9.10. The lowest BCUT2D eigenvalue weighted by Crippen LogP contribution is -2.30. The summed E-state index contributed by atoms with van der Waals surface area (Å²) in [7, 11) is 0. The number of likely N-dealkylation sites (tertiary alicyclic amines) is 1. The standard InChI is InChI=1S/C24H33F2N5O/c1-16-19(10-11-24(32)27-14-22(25)26)17(2)31-23(28-16)13-20(29-31)21-9-6-12-30(21)15-18-7-4-3-5-8-18/h3-4,13,18,21-22H,5-12,14-15H2,1-2H3,(H,27,32)/t18-,21-/m0/s1. The molecule has 0 aromatic carbocycles. The van der Waals surface area contributed by atoms with Crippen LogP contribution in [-0.4, -0.2) is 51.5 Å². The zero-order valence-corrected chi connectivity index (χ0v) is 19.0. The summed E-state index contributed by atoms with van der Waals surface area (Å²) in [6.45, 7) is 5.55. The van der Waals surface area contributed by atoms with E-state index in [0.717, 1.165) is 53.7 Å². The number of alkyl halides is 2. The Morgan fingerprint density at radius 1 is 1.28 bits per heavy atom. The van der Waals surface area contributed by atoms with Gasteiger partial charge in [-0.3, -0.25) is 9.69 Å². The highest BCUT2D eigenvalue weighted by atomic mass is 19.3. The van der Waals surface area contributed by atoms with Gasteiger partial charge in [-0.2, -0.15) is 5.10 Å². The molecule has 6 nitrogen and oxygen atoms in total. The van der Waals surface area contributed by atoms with Gasteiger partial charge < -0.3 is 5.32 Å². The zero-order chi connectivity index (χ0) is 22.7. The lowest BCUT2D eigenvalue weighted by Gasteiger charge is -2.28. The predicted molar refractivity (Wildman–Crippen MR) is 120 cm³/mol. The number of aryl methyl sites for hydroxylation is 2. The number of hydrogen-bond donors (Lipinski definition) is 1. The predicted octanol–water partition coefficient (Wildman–Crippen LogP) is 4.15. The quantitative estimate of drug-likeness (QED) is 0.620. The molecule has 1 aliphatic heterocycles. The van der Waals surface area contributed by atoms with Crippen molar-refractivity contribution in [3.63, 3.8) is 0 Å². The van der Waals surface area contributed by atoms with Gasteiger partial charge in [-0.1, -0.05) is 12.2 Å². The molecule has 0 bridgehead atoms. The van der Waals surface area contributed by atoms with Crippen LogP contribution in [0, 0.1) is 19.8 Å². The van der Waals surface area contributed by atoms with Crippen molar-refractivity contribution in [2.75, 3.05) is 19.6 Å². The first-order valence-corrected chi connectivity index (χ1v) is 11.7. The zero-order valence-electron chi connectivity index (χ0n) is 19.0. The van der Waals surface area contributed by atoms with E-state index in [9.17, 15) is 13.6 Å². The van der Waals surface area contributed by atoms with Crippen molar-refractivity contribution in [3.05, 3.63) is 40.9 Å². The number of fused-ring (bicyclic) bond motifs is 1. The van der Waals surface area contributed by atoms with Crippen molar-refractivity contribution in [3.8, 4) is 0 Å². The number of hydrogen-bond acceptors (Lipinski definition) is 4. The Morgan fingerprint density at radius 2 is 2.12 bits per heavy atom. The summed E-state index contributed by atoms with van der Waals surface area (Å²) in [5.74, 6) is 0.354. The Bertz CT molecular complexity index is 986. The normalized spacial score (nSPS) is 21.7. The number of carbonyl (C=O) groups excluding carboxylic acids is 1. The minimum Gasteiger partial charge on any atom is -0.350 e. The lowest BCUT2D eigenvalue weighted by molar-refractivity contribution is -0.121. The molecule has 1 saturated heterocycles. The molecule has 1 aliphatic carbocycles. The van der Waals surface area contributed by atoms with Crippen molar-refractivity contribution in [2.24, 2.45) is 5.92 Å². The molecular weight excluding hydrogens is 412 g/mol. The third kappa shape index (κ3) is 5.17. The molecular formula is C24H33F2N5O. The first kappa shape index (κ1) is 22.8. The van der Waals surface area contributed by atoms with Crippen molar-refractivity contribution >= 4 is 11.6 Å². The van der Waals surface area contributed by atoms with Crippen LogP contribution >= 0.6 is 0 Å². The smallest absolute Gasteiger partial charge is 0.255 e. The number of rotatable bonds is 8. The summed E-state index contributed by atoms with van der Waals surface area (Å²) in [4.78, 5) is 19.2. The second kappa shape index (κ2) is 10.1. The van der Waals surface area contributed by atoms with E-state index in [1.54, 1.807) is 0 Å². The number of halogens is 2. The highest BCUT2D eigenvalue weighted by Crippen LogP contribution is 2.34. The summed E-state index contributed by atoms with van der Waals surface area (Å²) in [6, 6.07) is 2.42. The summed E-state index contributed by atoms with van der Waals surface area (Å²) in [5, 5.41) is 7.19. The van der Waals surface area contributed by atoms with Crippen molar-refractivity contribution in [2.45, 2.75) is 71.3 Å². The molecule has 32 heavy (non-hydrogen) atoms. The third-order valence-corrected chi connectivity index (χ3v) is 6.81. The number of nitrogens with one attached hydrogen (secondary N) is 1. The van der Waals surface area contributed by atoms with Gasteiger partial charge in [0, 0.05) is 30.4 Å². The van der Waals surface area contributed by atoms with Crippen molar-refractivity contribution in [1.29, 1.82) is 0 Å². The van der Waals surface area contributed by atoms with Crippen LogP contribution in [0.5, 0.6) is 0 Å². The summed E-state index contributed by atoms with van der Waals surface area (Å²) in [5.41, 5.74) is 4.67. The van der Waals surface area contributed by atoms with Crippen LogP contribution in [0.3, 0.4) is 0 Å². The topological polar surface area (TPSA) is 62.5 Å². The van der Waals surface area contributed by atoms with E-state index >= 15 is 0 Å². The Labute approximate surface area is 188 Å². The van der Waals surface area contributed by atoms with Gasteiger partial charge in [-0.15, -0.1) is 0 Å². The molecule has 0 radical (unpaired) electrons. The molecule has 8 heteroatoms. The van der Waals surface area contributed by atoms with Crippen LogP contribution in [0.4, 0.5) is 8.78 Å². The SMILES string of the molecule is Cc1nc2cc([C@@H]3CCCN3C[C@H]3CC=CCC3)nn2c(C)c1CCC(=O)NCC(F)F. The van der Waals surface area contributed by atoms with Crippen LogP contribution < -0.4 is 5.32 Å². The number of nitrogens with zero attached hydrogens (tertiary/aromatic N) is 4. The summed E-state index contributed by atoms with van der Waals surface area (Å²) < 4.78 is 26.5. The number of allylic oxidation sites excluding steroid dienone is 2. The molecule has 2 aromatic heterocycles. The molecule has 0 saturated carbocycles. The van der Waals surface area contributed by atoms with Crippen LogP contribution in [-0.2, 0) is 11.2 Å². The molecule has 2 aliphatic rings. The van der Waals surface area contributed by atoms with Gasteiger partial charge in [-0.25, -0.2) is 18.3 Å². The molecule has 1 N–H and O–H groups in total. The van der Waals surface area contributed by atoms with Crippen LogP contribution in [0.25, 0.3) is 5.65 Å². The lowest BCUT2D eigenvalue weighted by atomic mass is 9.93. The van der Waals surface area contributed by atoms with Gasteiger partial charge in [0.25, 0.3) is 6.43 Å². The van der Waals surface area contributed by atoms with Gasteiger partial charge in [0.05, 0.1) is 18.3 Å². The minimum atomic E-state index is -2.53. The first-order chi connectivity index (χ1) is 15.4. The van der Waals surface area contributed by atoms with Gasteiger partial charge in [-0.05, 0) is 70.4 Å². The van der Waals surface area contributed by atoms with Crippen LogP contribution in [0.1, 0.15) is 67.2 Å². The Balaban J connectivity index is 1.49. The molecule has 4 rings (SSSR count). The minimum absolute atomic E-state index is 0.155. The number of amides is 1. The van der Waals surface area contributed by atoms with Crippen molar-refractivity contribution < 1.29 is 13.6 Å². The van der Waals surface area contributed by atoms with Gasteiger partial charge in [0.2, 0.25) is 5.91 Å². The van der Waals surface area contributed by atoms with Crippen molar-refractivity contribution in [1.82, 2.24) is 24.8 Å². The van der Waals surface area contributed by atoms with E-state index < -0.39 is 13.0 Å². The fraction of sp³-hybridized carbons (Fsp3) is 0.625. The third-order valence-electron chi connectivity index (χ3n) is 6.81. The first-order valence-electron chi connectivity index (χ1n) is 11.7. The Kier molecular flexibility index (Phi) is 7.18. The van der Waals surface area contributed by atoms with E-state index in [1.165, 1.54) is 25.7 Å². The Morgan fingerprint density at radius 3 is 2.88 bits per heavy atom. The number of carbonyl (C=O) groups is 1. The van der Waals surface area contributed by atoms with E-state index in [0.29, 0.717) is 12.5 Å². The average molecular weight is 446 g/mol. The van der Waals surface area contributed by atoms with E-state index in [4.69, 9.17) is 10.1 Å². The molecule has 2 aromatic rings. The fourth-order valence-electron chi connectivity index (χ4n) is 5.12. The largest absolute Gasteiger partial charge is 0.350 e. The van der Waals surface area contributed by atoms with E-state index in [1.807, 2.05) is 18.4 Å². The van der Waals surface area contributed by atoms with Crippen LogP contribution in [0.2, 0.25) is 0 Å². The van der Waals surface area contributed by atoms with E-state index in [-0.39, 0.29) is 12.3 Å².